The fourth-order valence-corrected chi connectivity index (χ4v) is 3.12. The first kappa shape index (κ1) is 10.3. The molecule has 2 rings (SSSR count). The van der Waals surface area contributed by atoms with Crippen LogP contribution >= 0.6 is 0 Å². The molecule has 0 aliphatic heterocycles. The first-order valence-corrected chi connectivity index (χ1v) is 6.54. The van der Waals surface area contributed by atoms with Crippen LogP contribution in [-0.2, 0) is 0 Å². The van der Waals surface area contributed by atoms with E-state index in [2.05, 4.69) is 13.0 Å². The molecule has 0 aromatic carbocycles. The van der Waals surface area contributed by atoms with Crippen LogP contribution in [-0.4, -0.2) is 0 Å². The van der Waals surface area contributed by atoms with Gasteiger partial charge in [0.15, 0.2) is 0 Å². The molecule has 0 spiro atoms. The van der Waals surface area contributed by atoms with Gasteiger partial charge in [-0.15, -0.1) is 0 Å². The molecule has 1 saturated carbocycles. The van der Waals surface area contributed by atoms with Crippen molar-refractivity contribution in [2.24, 2.45) is 11.8 Å². The third-order valence-electron chi connectivity index (χ3n) is 4.20. The molecule has 0 heterocycles. The summed E-state index contributed by atoms with van der Waals surface area (Å²) in [6.07, 6.45) is 15.6. The van der Waals surface area contributed by atoms with E-state index < -0.39 is 0 Å². The molecular formula is C14H24. The Labute approximate surface area is 88.8 Å². The van der Waals surface area contributed by atoms with E-state index >= 15 is 0 Å². The van der Waals surface area contributed by atoms with E-state index in [-0.39, 0.29) is 0 Å². The molecule has 2 aliphatic carbocycles. The maximum absolute atomic E-state index is 2.53. The smallest absolute Gasteiger partial charge is 0.0289 e. The quantitative estimate of drug-likeness (QED) is 0.556. The Morgan fingerprint density at radius 1 is 1.14 bits per heavy atom. The second kappa shape index (κ2) is 5.00. The highest BCUT2D eigenvalue weighted by molar-refractivity contribution is 5.06. The Balaban J connectivity index is 1.85. The number of hydrogen-bond acceptors (Lipinski definition) is 0. The molecule has 0 unspecified atom stereocenters. The standard InChI is InChI=1S/C14H24/c1-12-7-5-6-10-14(12)11-13-8-3-2-4-9-13/h8,12,14H,2-7,9-11H2,1H3/t12-,14-/m1/s1. The van der Waals surface area contributed by atoms with Crippen molar-refractivity contribution < 1.29 is 0 Å². The van der Waals surface area contributed by atoms with Gasteiger partial charge >= 0.3 is 0 Å². The summed E-state index contributed by atoms with van der Waals surface area (Å²) in [6.45, 7) is 2.47. The van der Waals surface area contributed by atoms with Gasteiger partial charge in [0.1, 0.15) is 0 Å². The Morgan fingerprint density at radius 3 is 2.71 bits per heavy atom. The zero-order chi connectivity index (χ0) is 9.80. The normalized spacial score (nSPS) is 33.9. The van der Waals surface area contributed by atoms with Crippen LogP contribution < -0.4 is 0 Å². The summed E-state index contributed by atoms with van der Waals surface area (Å²) < 4.78 is 0. The predicted molar refractivity (Wildman–Crippen MR) is 62.3 cm³/mol. The number of rotatable bonds is 2. The van der Waals surface area contributed by atoms with Crippen LogP contribution in [0.25, 0.3) is 0 Å². The van der Waals surface area contributed by atoms with E-state index in [1.807, 2.05) is 0 Å². The summed E-state index contributed by atoms with van der Waals surface area (Å²) in [7, 11) is 0. The Morgan fingerprint density at radius 2 is 2.00 bits per heavy atom. The van der Waals surface area contributed by atoms with E-state index in [1.54, 1.807) is 5.57 Å². The summed E-state index contributed by atoms with van der Waals surface area (Å²) in [4.78, 5) is 0. The van der Waals surface area contributed by atoms with E-state index in [0.717, 1.165) is 11.8 Å². The minimum absolute atomic E-state index is 0.992. The van der Waals surface area contributed by atoms with E-state index in [4.69, 9.17) is 0 Å². The van der Waals surface area contributed by atoms with Gasteiger partial charge in [-0.3, -0.25) is 0 Å². The molecule has 0 aromatic rings. The average Bonchev–Trinajstić information content (AvgIpc) is 2.23. The SMILES string of the molecule is C[C@@H]1CCCC[C@@H]1CC1=CCCCC1. The molecule has 0 nitrogen and oxygen atoms in total. The lowest BCUT2D eigenvalue weighted by Crippen LogP contribution is -2.17. The highest BCUT2D eigenvalue weighted by Gasteiger charge is 2.22. The van der Waals surface area contributed by atoms with Crippen molar-refractivity contribution in [2.75, 3.05) is 0 Å². The zero-order valence-corrected chi connectivity index (χ0v) is 9.60. The molecule has 80 valence electrons. The average molecular weight is 192 g/mol. The van der Waals surface area contributed by atoms with Crippen LogP contribution in [0.2, 0.25) is 0 Å². The summed E-state index contributed by atoms with van der Waals surface area (Å²) in [5, 5.41) is 0. The van der Waals surface area contributed by atoms with Crippen LogP contribution in [0.3, 0.4) is 0 Å². The van der Waals surface area contributed by atoms with E-state index in [1.165, 1.54) is 57.8 Å². The summed E-state index contributed by atoms with van der Waals surface area (Å²) >= 11 is 0. The minimum Gasteiger partial charge on any atom is -0.0853 e. The molecule has 0 radical (unpaired) electrons. The van der Waals surface area contributed by atoms with Crippen molar-refractivity contribution in [2.45, 2.75) is 64.7 Å². The van der Waals surface area contributed by atoms with Crippen molar-refractivity contribution >= 4 is 0 Å². The van der Waals surface area contributed by atoms with Crippen LogP contribution in [0.4, 0.5) is 0 Å². The van der Waals surface area contributed by atoms with Gasteiger partial charge in [0.05, 0.1) is 0 Å². The molecule has 0 heteroatoms. The van der Waals surface area contributed by atoms with E-state index in [0.29, 0.717) is 0 Å². The van der Waals surface area contributed by atoms with Gasteiger partial charge in [-0.2, -0.15) is 0 Å². The van der Waals surface area contributed by atoms with Gasteiger partial charge in [0.25, 0.3) is 0 Å². The molecule has 0 saturated heterocycles. The predicted octanol–water partition coefficient (Wildman–Crippen LogP) is 4.70. The fourth-order valence-electron chi connectivity index (χ4n) is 3.12. The zero-order valence-electron chi connectivity index (χ0n) is 9.60. The lowest BCUT2D eigenvalue weighted by molar-refractivity contribution is 0.252. The second-order valence-corrected chi connectivity index (χ2v) is 5.33. The number of hydrogen-bond donors (Lipinski definition) is 0. The molecule has 0 amide bonds. The van der Waals surface area contributed by atoms with E-state index in [9.17, 15) is 0 Å². The molecule has 14 heavy (non-hydrogen) atoms. The van der Waals surface area contributed by atoms with Gasteiger partial charge < -0.3 is 0 Å². The van der Waals surface area contributed by atoms with Gasteiger partial charge in [0.2, 0.25) is 0 Å². The third-order valence-corrected chi connectivity index (χ3v) is 4.20. The van der Waals surface area contributed by atoms with Gasteiger partial charge in [-0.05, 0) is 50.4 Å². The molecule has 0 N–H and O–H groups in total. The molecule has 2 aliphatic rings. The van der Waals surface area contributed by atoms with Crippen molar-refractivity contribution in [3.8, 4) is 0 Å². The summed E-state index contributed by atoms with van der Waals surface area (Å²) in [5.74, 6) is 2.01. The second-order valence-electron chi connectivity index (χ2n) is 5.33. The largest absolute Gasteiger partial charge is 0.0853 e. The lowest BCUT2D eigenvalue weighted by atomic mass is 9.76. The van der Waals surface area contributed by atoms with Gasteiger partial charge in [-0.1, -0.05) is 37.8 Å². The minimum atomic E-state index is 0.992. The van der Waals surface area contributed by atoms with Crippen LogP contribution in [0.5, 0.6) is 0 Å². The summed E-state index contributed by atoms with van der Waals surface area (Å²) in [6, 6.07) is 0. The van der Waals surface area contributed by atoms with Crippen molar-refractivity contribution in [3.05, 3.63) is 11.6 Å². The number of allylic oxidation sites excluding steroid dienone is 2. The maximum Gasteiger partial charge on any atom is -0.0289 e. The molecule has 1 fully saturated rings. The highest BCUT2D eigenvalue weighted by Crippen LogP contribution is 2.35. The molecular weight excluding hydrogens is 168 g/mol. The van der Waals surface area contributed by atoms with Crippen molar-refractivity contribution in [1.82, 2.24) is 0 Å². The monoisotopic (exact) mass is 192 g/mol. The van der Waals surface area contributed by atoms with Gasteiger partial charge in [-0.25, -0.2) is 0 Å². The van der Waals surface area contributed by atoms with Crippen LogP contribution in [0, 0.1) is 11.8 Å². The highest BCUT2D eigenvalue weighted by atomic mass is 14.3. The van der Waals surface area contributed by atoms with Gasteiger partial charge in [0, 0.05) is 0 Å². The Hall–Kier alpha value is -0.260. The van der Waals surface area contributed by atoms with Crippen LogP contribution in [0.1, 0.15) is 64.7 Å². The first-order valence-electron chi connectivity index (χ1n) is 6.54. The molecule has 0 aromatic heterocycles. The maximum atomic E-state index is 2.53. The Bertz CT molecular complexity index is 202. The topological polar surface area (TPSA) is 0 Å². The van der Waals surface area contributed by atoms with Crippen molar-refractivity contribution in [1.29, 1.82) is 0 Å². The lowest BCUT2D eigenvalue weighted by Gasteiger charge is -2.30. The molecule has 2 atom stereocenters. The first-order chi connectivity index (χ1) is 6.86. The Kier molecular flexibility index (Phi) is 3.67. The fraction of sp³-hybridized carbons (Fsp3) is 0.857. The summed E-state index contributed by atoms with van der Waals surface area (Å²) in [5.41, 5.74) is 1.79. The van der Waals surface area contributed by atoms with Crippen LogP contribution in [0.15, 0.2) is 11.6 Å². The van der Waals surface area contributed by atoms with Crippen molar-refractivity contribution in [3.63, 3.8) is 0 Å². The molecule has 0 bridgehead atoms. The third kappa shape index (κ3) is 2.62.